The first-order valence-electron chi connectivity index (χ1n) is 17.1. The maximum atomic E-state index is 12.8. The molecule has 0 spiro atoms. The molecule has 0 amide bonds. The van der Waals surface area contributed by atoms with E-state index in [-0.39, 0.29) is 5.69 Å². The Kier molecular flexibility index (Phi) is 10.1. The Balaban J connectivity index is 0.00000193. The van der Waals surface area contributed by atoms with E-state index in [1.165, 1.54) is 5.56 Å². The highest BCUT2D eigenvalue weighted by Gasteiger charge is 2.27. The SMILES string of the molecule is CC.Cn1nc2cc1CSc1cc3c(c(c1)OCCCc1c(C(=O)O)n(C)c4c(c(Cl)ccc14)-c1c(nn4ccccc14)CSC2)CCCN3. The number of aromatic carboxylic acids is 1. The van der Waals surface area contributed by atoms with Crippen molar-refractivity contribution in [1.82, 2.24) is 24.0 Å². The van der Waals surface area contributed by atoms with Gasteiger partial charge in [0, 0.05) is 82.4 Å². The fourth-order valence-electron chi connectivity index (χ4n) is 7.14. The Morgan fingerprint density at radius 3 is 2.66 bits per heavy atom. The number of pyridine rings is 1. The summed E-state index contributed by atoms with van der Waals surface area (Å²) in [5.41, 5.74) is 9.93. The van der Waals surface area contributed by atoms with E-state index < -0.39 is 5.97 Å². The summed E-state index contributed by atoms with van der Waals surface area (Å²) >= 11 is 10.6. The monoisotopic (exact) mass is 728 g/mol. The van der Waals surface area contributed by atoms with E-state index in [4.69, 9.17) is 26.5 Å². The number of fused-ring (bicyclic) bond motifs is 10. The molecule has 0 fully saturated rings. The van der Waals surface area contributed by atoms with E-state index in [1.54, 1.807) is 28.1 Å². The van der Waals surface area contributed by atoms with Gasteiger partial charge in [-0.15, -0.1) is 23.5 Å². The molecule has 6 aromatic rings. The molecular weight excluding hydrogens is 688 g/mol. The molecule has 260 valence electrons. The van der Waals surface area contributed by atoms with Crippen molar-refractivity contribution in [3.63, 3.8) is 0 Å². The minimum Gasteiger partial charge on any atom is -0.493 e. The zero-order chi connectivity index (χ0) is 34.9. The molecule has 0 radical (unpaired) electrons. The van der Waals surface area contributed by atoms with Crippen molar-refractivity contribution in [3.05, 3.63) is 93.7 Å². The number of nitrogens with one attached hydrogen (secondary N) is 1. The number of carbonyl (C=O) groups is 1. The molecule has 9 nitrogen and oxygen atoms in total. The number of anilines is 1. The number of halogens is 1. The van der Waals surface area contributed by atoms with Gasteiger partial charge >= 0.3 is 5.97 Å². The number of thioether (sulfide) groups is 2. The van der Waals surface area contributed by atoms with Gasteiger partial charge in [-0.05, 0) is 67.6 Å². The van der Waals surface area contributed by atoms with Crippen LogP contribution in [-0.2, 0) is 44.2 Å². The Morgan fingerprint density at radius 1 is 0.980 bits per heavy atom. The first kappa shape index (κ1) is 34.4. The van der Waals surface area contributed by atoms with E-state index in [0.717, 1.165) is 97.4 Å². The predicted octanol–water partition coefficient (Wildman–Crippen LogP) is 9.01. The van der Waals surface area contributed by atoms with Crippen molar-refractivity contribution in [1.29, 1.82) is 0 Å². The number of carboxylic acid groups (broad SMARTS) is 1. The topological polar surface area (TPSA) is 98.6 Å². The second kappa shape index (κ2) is 14.7. The number of aryl methyl sites for hydroxylation is 3. The van der Waals surface area contributed by atoms with Crippen molar-refractivity contribution < 1.29 is 14.6 Å². The van der Waals surface area contributed by atoms with Crippen LogP contribution in [0.25, 0.3) is 27.5 Å². The molecule has 12 heteroatoms. The highest BCUT2D eigenvalue weighted by molar-refractivity contribution is 7.98. The molecule has 0 unspecified atom stereocenters. The standard InChI is InChI=1S/C36H35ClN6O3S2.C2H6/c1-41-34-25-10-11-27(37)32(34)33-29(40-43-13-4-3-9-30(33)43)20-47-18-21-15-22(42(2)39-21)19-48-23-16-28-26(7-5-12-38-28)31(17-23)46-14-6-8-24(25)35(41)36(44)45;1-2/h3-4,9-11,13,15-17,38H,5-8,12,14,18-20H2,1-2H3,(H,44,45);1-2H3. The number of benzene rings is 2. The summed E-state index contributed by atoms with van der Waals surface area (Å²) in [6, 6.07) is 16.4. The number of ether oxygens (including phenoxy) is 1. The Bertz CT molecular complexity index is 2220. The van der Waals surface area contributed by atoms with Crippen LogP contribution in [0.2, 0.25) is 5.02 Å². The van der Waals surface area contributed by atoms with E-state index in [1.807, 2.05) is 73.7 Å². The highest BCUT2D eigenvalue weighted by atomic mass is 35.5. The molecular formula is C38H41ClN6O3S2. The number of aromatic nitrogens is 5. The Labute approximate surface area is 305 Å². The first-order valence-corrected chi connectivity index (χ1v) is 19.6. The average Bonchev–Trinajstić information content (AvgIpc) is 3.76. The van der Waals surface area contributed by atoms with Crippen molar-refractivity contribution >= 4 is 63.2 Å². The molecule has 0 saturated heterocycles. The van der Waals surface area contributed by atoms with E-state index in [2.05, 4.69) is 23.5 Å². The van der Waals surface area contributed by atoms with Crippen LogP contribution in [0.5, 0.6) is 5.75 Å². The lowest BCUT2D eigenvalue weighted by Crippen LogP contribution is -2.14. The molecule has 6 heterocycles. The summed E-state index contributed by atoms with van der Waals surface area (Å²) in [7, 11) is 3.83. The number of nitrogens with zero attached hydrogens (tertiary/aromatic N) is 5. The molecule has 0 aliphatic carbocycles. The third-order valence-electron chi connectivity index (χ3n) is 9.31. The van der Waals surface area contributed by atoms with E-state index in [0.29, 0.717) is 30.2 Å². The van der Waals surface area contributed by atoms with Crippen molar-refractivity contribution in [2.75, 3.05) is 18.5 Å². The summed E-state index contributed by atoms with van der Waals surface area (Å²) in [4.78, 5) is 14.0. The summed E-state index contributed by atoms with van der Waals surface area (Å²) < 4.78 is 12.2. The van der Waals surface area contributed by atoms with Gasteiger partial charge in [0.15, 0.2) is 0 Å². The predicted molar refractivity (Wildman–Crippen MR) is 205 cm³/mol. The van der Waals surface area contributed by atoms with Crippen LogP contribution in [-0.4, -0.2) is 48.2 Å². The number of hydrogen-bond acceptors (Lipinski definition) is 7. The molecule has 4 aromatic heterocycles. The largest absolute Gasteiger partial charge is 0.493 e. The third kappa shape index (κ3) is 6.35. The van der Waals surface area contributed by atoms with Crippen LogP contribution in [0.4, 0.5) is 5.69 Å². The lowest BCUT2D eigenvalue weighted by molar-refractivity contribution is 0.0685. The zero-order valence-electron chi connectivity index (χ0n) is 28.8. The molecule has 2 aromatic carbocycles. The van der Waals surface area contributed by atoms with Crippen LogP contribution in [0.3, 0.4) is 0 Å². The summed E-state index contributed by atoms with van der Waals surface area (Å²) in [5.74, 6) is 2.09. The molecule has 50 heavy (non-hydrogen) atoms. The lowest BCUT2D eigenvalue weighted by atomic mass is 9.98. The average molecular weight is 729 g/mol. The second-order valence-electron chi connectivity index (χ2n) is 12.3. The van der Waals surface area contributed by atoms with Gasteiger partial charge in [-0.25, -0.2) is 9.31 Å². The lowest BCUT2D eigenvalue weighted by Gasteiger charge is -2.22. The van der Waals surface area contributed by atoms with Gasteiger partial charge in [0.2, 0.25) is 0 Å². The Morgan fingerprint density at radius 2 is 1.82 bits per heavy atom. The highest BCUT2D eigenvalue weighted by Crippen LogP contribution is 2.43. The van der Waals surface area contributed by atoms with Gasteiger partial charge in [0.1, 0.15) is 11.4 Å². The van der Waals surface area contributed by atoms with Crippen LogP contribution in [0, 0.1) is 0 Å². The van der Waals surface area contributed by atoms with Gasteiger partial charge in [-0.1, -0.05) is 37.6 Å². The van der Waals surface area contributed by atoms with Crippen LogP contribution >= 0.6 is 35.1 Å². The van der Waals surface area contributed by atoms with Crippen LogP contribution in [0.15, 0.2) is 59.6 Å². The zero-order valence-corrected chi connectivity index (χ0v) is 31.1. The van der Waals surface area contributed by atoms with Crippen molar-refractivity contribution in [3.8, 4) is 16.9 Å². The van der Waals surface area contributed by atoms with Gasteiger partial charge < -0.3 is 19.7 Å². The third-order valence-corrected chi connectivity index (χ3v) is 11.6. The van der Waals surface area contributed by atoms with Crippen molar-refractivity contribution in [2.45, 2.75) is 61.7 Å². The van der Waals surface area contributed by atoms with Crippen LogP contribution in [0.1, 0.15) is 65.4 Å². The summed E-state index contributed by atoms with van der Waals surface area (Å²) in [6.07, 6.45) is 5.17. The maximum Gasteiger partial charge on any atom is 0.352 e. The molecule has 0 atom stereocenters. The fraction of sp³-hybridized carbons (Fsp3) is 0.342. The van der Waals surface area contributed by atoms with Crippen molar-refractivity contribution in [2.24, 2.45) is 14.1 Å². The Hall–Kier alpha value is -4.06. The fourth-order valence-corrected chi connectivity index (χ4v) is 9.21. The molecule has 2 aliphatic heterocycles. The number of carboxylic acids is 1. The number of hydrogen-bond donors (Lipinski definition) is 2. The molecule has 0 saturated carbocycles. The smallest absolute Gasteiger partial charge is 0.352 e. The maximum absolute atomic E-state index is 12.8. The van der Waals surface area contributed by atoms with Gasteiger partial charge in [0.05, 0.1) is 34.1 Å². The van der Waals surface area contributed by atoms with Gasteiger partial charge in [-0.2, -0.15) is 10.2 Å². The summed E-state index contributed by atoms with van der Waals surface area (Å²) in [6.45, 7) is 5.42. The quantitative estimate of drug-likeness (QED) is 0.173. The van der Waals surface area contributed by atoms with Gasteiger partial charge in [-0.3, -0.25) is 4.68 Å². The second-order valence-corrected chi connectivity index (χ2v) is 14.8. The molecule has 8 bridgehead atoms. The number of rotatable bonds is 1. The molecule has 8 rings (SSSR count). The molecule has 2 aliphatic rings. The van der Waals surface area contributed by atoms with Gasteiger partial charge in [0.25, 0.3) is 0 Å². The van der Waals surface area contributed by atoms with E-state index in [9.17, 15) is 9.90 Å². The van der Waals surface area contributed by atoms with E-state index >= 15 is 0 Å². The molecule has 2 N–H and O–H groups in total. The normalized spacial score (nSPS) is 14.9. The minimum absolute atomic E-state index is 0.272. The summed E-state index contributed by atoms with van der Waals surface area (Å²) in [5, 5.41) is 25.4. The minimum atomic E-state index is -0.962. The first-order chi connectivity index (χ1) is 24.4. The van der Waals surface area contributed by atoms with Crippen LogP contribution < -0.4 is 10.1 Å².